The Hall–Kier alpha value is -3.03. The van der Waals surface area contributed by atoms with Gasteiger partial charge in [-0.2, -0.15) is 10.2 Å². The summed E-state index contributed by atoms with van der Waals surface area (Å²) in [5, 5.41) is 12.6. The molecule has 0 spiro atoms. The third-order valence-electron chi connectivity index (χ3n) is 8.92. The van der Waals surface area contributed by atoms with E-state index in [4.69, 9.17) is 24.7 Å². The summed E-state index contributed by atoms with van der Waals surface area (Å²) >= 11 is 0. The van der Waals surface area contributed by atoms with E-state index >= 15 is 0 Å². The maximum atomic E-state index is 6.27. The van der Waals surface area contributed by atoms with Crippen LogP contribution in [0.2, 0.25) is 0 Å². The first-order valence-corrected chi connectivity index (χ1v) is 15.5. The molecule has 4 aromatic rings. The van der Waals surface area contributed by atoms with Gasteiger partial charge in [0.25, 0.3) is 0 Å². The van der Waals surface area contributed by atoms with E-state index < -0.39 is 0 Å². The maximum absolute atomic E-state index is 6.27. The summed E-state index contributed by atoms with van der Waals surface area (Å²) in [6, 6.07) is 15.2. The minimum Gasteiger partial charge on any atom is -0.356 e. The molecular formula is C34H45N5O2. The van der Waals surface area contributed by atoms with Crippen LogP contribution in [0.3, 0.4) is 0 Å². The lowest BCUT2D eigenvalue weighted by Crippen LogP contribution is -2.22. The molecule has 0 bridgehead atoms. The number of hydrogen-bond donors (Lipinski definition) is 0. The van der Waals surface area contributed by atoms with Crippen LogP contribution in [0.4, 0.5) is 0 Å². The molecule has 3 aromatic heterocycles. The molecule has 2 aliphatic heterocycles. The van der Waals surface area contributed by atoms with E-state index in [0.29, 0.717) is 0 Å². The number of pyridine rings is 1. The lowest BCUT2D eigenvalue weighted by molar-refractivity contribution is -0.0387. The molecule has 218 valence electrons. The van der Waals surface area contributed by atoms with E-state index in [-0.39, 0.29) is 23.3 Å². The normalized spacial score (nSPS) is 20.5. The number of nitrogens with zero attached hydrogens (tertiary/aromatic N) is 5. The van der Waals surface area contributed by atoms with Gasteiger partial charge < -0.3 is 9.47 Å². The average molecular weight is 556 g/mol. The molecule has 6 rings (SSSR count). The zero-order valence-electron chi connectivity index (χ0n) is 25.6. The molecule has 2 atom stereocenters. The Kier molecular flexibility index (Phi) is 7.53. The van der Waals surface area contributed by atoms with Crippen molar-refractivity contribution < 1.29 is 9.47 Å². The van der Waals surface area contributed by atoms with Crippen molar-refractivity contribution in [3.63, 3.8) is 0 Å². The molecule has 2 aliphatic rings. The summed E-state index contributed by atoms with van der Waals surface area (Å²) in [6.45, 7) is 14.9. The fourth-order valence-corrected chi connectivity index (χ4v) is 5.83. The number of ether oxygens (including phenoxy) is 2. The van der Waals surface area contributed by atoms with Crippen LogP contribution < -0.4 is 0 Å². The minimum absolute atomic E-state index is 0.0487. The molecule has 0 radical (unpaired) electrons. The summed E-state index contributed by atoms with van der Waals surface area (Å²) < 4.78 is 16.8. The van der Waals surface area contributed by atoms with Crippen LogP contribution >= 0.6 is 0 Å². The van der Waals surface area contributed by atoms with Crippen molar-refractivity contribution in [2.24, 2.45) is 0 Å². The van der Waals surface area contributed by atoms with Crippen molar-refractivity contribution in [3.8, 4) is 22.8 Å². The van der Waals surface area contributed by atoms with Gasteiger partial charge in [0.15, 0.2) is 12.5 Å². The van der Waals surface area contributed by atoms with Crippen molar-refractivity contribution in [3.05, 3.63) is 53.9 Å². The first-order valence-electron chi connectivity index (χ1n) is 15.5. The first kappa shape index (κ1) is 28.1. The van der Waals surface area contributed by atoms with Gasteiger partial charge in [0, 0.05) is 29.4 Å². The zero-order chi connectivity index (χ0) is 28.8. The Bertz CT molecular complexity index is 1510. The molecular weight excluding hydrogens is 510 g/mol. The van der Waals surface area contributed by atoms with Gasteiger partial charge in [0.1, 0.15) is 0 Å². The SMILES string of the molecule is CCC(C)(C)c1cc(-c2cc3ccccc3c(-c3cc(C(C)(C)C)nn3C3CCCCO3)n2)n(C2CCCCO2)n1. The maximum Gasteiger partial charge on any atom is 0.150 e. The predicted octanol–water partition coefficient (Wildman–Crippen LogP) is 8.35. The van der Waals surface area contributed by atoms with Gasteiger partial charge in [0.2, 0.25) is 0 Å². The quantitative estimate of drug-likeness (QED) is 0.239. The third kappa shape index (κ3) is 5.46. The average Bonchev–Trinajstić information content (AvgIpc) is 3.64. The highest BCUT2D eigenvalue weighted by Crippen LogP contribution is 2.39. The molecule has 0 N–H and O–H groups in total. The summed E-state index contributed by atoms with van der Waals surface area (Å²) in [4.78, 5) is 5.44. The highest BCUT2D eigenvalue weighted by atomic mass is 16.5. The Balaban J connectivity index is 1.57. The molecule has 7 heteroatoms. The molecule has 5 heterocycles. The fraction of sp³-hybridized carbons (Fsp3) is 0.559. The number of benzene rings is 1. The van der Waals surface area contributed by atoms with E-state index in [1.165, 1.54) is 0 Å². The highest BCUT2D eigenvalue weighted by Gasteiger charge is 2.30. The first-order chi connectivity index (χ1) is 19.7. The molecule has 1 aromatic carbocycles. The van der Waals surface area contributed by atoms with Crippen molar-refractivity contribution in [2.45, 2.75) is 110 Å². The lowest BCUT2D eigenvalue weighted by Gasteiger charge is -2.26. The summed E-state index contributed by atoms with van der Waals surface area (Å²) in [6.07, 6.45) is 7.23. The van der Waals surface area contributed by atoms with Gasteiger partial charge >= 0.3 is 0 Å². The van der Waals surface area contributed by atoms with Crippen LogP contribution in [0.5, 0.6) is 0 Å². The molecule has 2 saturated heterocycles. The highest BCUT2D eigenvalue weighted by molar-refractivity contribution is 5.96. The number of aromatic nitrogens is 5. The third-order valence-corrected chi connectivity index (χ3v) is 8.92. The van der Waals surface area contributed by atoms with Crippen LogP contribution in [-0.4, -0.2) is 37.8 Å². The van der Waals surface area contributed by atoms with Gasteiger partial charge in [-0.1, -0.05) is 65.8 Å². The van der Waals surface area contributed by atoms with E-state index in [1.54, 1.807) is 0 Å². The molecule has 0 aliphatic carbocycles. The molecule has 7 nitrogen and oxygen atoms in total. The van der Waals surface area contributed by atoms with Crippen LogP contribution in [0.15, 0.2) is 42.5 Å². The van der Waals surface area contributed by atoms with Gasteiger partial charge in [-0.15, -0.1) is 0 Å². The van der Waals surface area contributed by atoms with E-state index in [9.17, 15) is 0 Å². The number of fused-ring (bicyclic) bond motifs is 1. The molecule has 2 fully saturated rings. The van der Waals surface area contributed by atoms with Gasteiger partial charge in [0.05, 0.1) is 34.2 Å². The van der Waals surface area contributed by atoms with E-state index in [2.05, 4.69) is 93.4 Å². The lowest BCUT2D eigenvalue weighted by atomic mass is 9.86. The van der Waals surface area contributed by atoms with E-state index in [0.717, 1.165) is 103 Å². The minimum atomic E-state index is -0.0976. The standard InChI is InChI=1S/C34H45N5O2/c1-7-34(5,6)29-21-26(38(37-29)30-16-10-12-18-40-30)25-20-23-14-8-9-15-24(23)32(35-25)27-22-28(33(2,3)4)36-39(27)31-17-11-13-19-41-31/h8-9,14-15,20-22,30-31H,7,10-13,16-19H2,1-6H3. The second-order valence-corrected chi connectivity index (χ2v) is 13.4. The van der Waals surface area contributed by atoms with Gasteiger partial charge in [-0.05, 0) is 68.5 Å². The predicted molar refractivity (Wildman–Crippen MR) is 164 cm³/mol. The summed E-state index contributed by atoms with van der Waals surface area (Å²) in [7, 11) is 0. The second kappa shape index (κ2) is 11.0. The van der Waals surface area contributed by atoms with Crippen molar-refractivity contribution in [1.29, 1.82) is 0 Å². The summed E-state index contributed by atoms with van der Waals surface area (Å²) in [5.41, 5.74) is 5.84. The largest absolute Gasteiger partial charge is 0.356 e. The Morgan fingerprint density at radius 2 is 1.39 bits per heavy atom. The van der Waals surface area contributed by atoms with Gasteiger partial charge in [-0.25, -0.2) is 14.3 Å². The Labute approximate surface area is 244 Å². The van der Waals surface area contributed by atoms with Crippen LogP contribution in [-0.2, 0) is 20.3 Å². The van der Waals surface area contributed by atoms with Crippen LogP contribution in [0.1, 0.15) is 110 Å². The van der Waals surface area contributed by atoms with Crippen LogP contribution in [0.25, 0.3) is 33.5 Å². The topological polar surface area (TPSA) is 67.0 Å². The second-order valence-electron chi connectivity index (χ2n) is 13.4. The fourth-order valence-electron chi connectivity index (χ4n) is 5.83. The summed E-state index contributed by atoms with van der Waals surface area (Å²) in [5.74, 6) is 0. The van der Waals surface area contributed by atoms with Crippen LogP contribution in [0, 0.1) is 0 Å². The number of hydrogen-bond acceptors (Lipinski definition) is 5. The smallest absolute Gasteiger partial charge is 0.150 e. The molecule has 0 saturated carbocycles. The monoisotopic (exact) mass is 555 g/mol. The van der Waals surface area contributed by atoms with Gasteiger partial charge in [-0.3, -0.25) is 0 Å². The molecule has 41 heavy (non-hydrogen) atoms. The van der Waals surface area contributed by atoms with E-state index in [1.807, 2.05) is 0 Å². The van der Waals surface area contributed by atoms with Crippen molar-refractivity contribution in [1.82, 2.24) is 24.5 Å². The molecule has 2 unspecified atom stereocenters. The van der Waals surface area contributed by atoms with Crippen molar-refractivity contribution in [2.75, 3.05) is 13.2 Å². The Morgan fingerprint density at radius 1 is 0.780 bits per heavy atom. The molecule has 0 amide bonds. The van der Waals surface area contributed by atoms with Crippen molar-refractivity contribution >= 4 is 10.8 Å². The Morgan fingerprint density at radius 3 is 2.00 bits per heavy atom. The number of rotatable bonds is 6. The zero-order valence-corrected chi connectivity index (χ0v) is 25.6.